The van der Waals surface area contributed by atoms with Crippen LogP contribution in [-0.2, 0) is 16.6 Å². The number of amides is 1. The van der Waals surface area contributed by atoms with Gasteiger partial charge in [0.2, 0.25) is 5.91 Å². The van der Waals surface area contributed by atoms with Crippen LogP contribution in [0.5, 0.6) is 0 Å². The van der Waals surface area contributed by atoms with Crippen molar-refractivity contribution in [1.29, 1.82) is 0 Å². The molecule has 2 heterocycles. The molecular formula is C22H25N3OS. The van der Waals surface area contributed by atoms with Crippen LogP contribution in [0.1, 0.15) is 30.3 Å². The minimum absolute atomic E-state index is 0.0849. The second-order valence-corrected chi connectivity index (χ2v) is 8.58. The molecular weight excluding hydrogens is 354 g/mol. The highest BCUT2D eigenvalue weighted by atomic mass is 32.1. The molecule has 2 atom stereocenters. The second-order valence-electron chi connectivity index (χ2n) is 7.47. The van der Waals surface area contributed by atoms with Crippen LogP contribution in [0.25, 0.3) is 10.2 Å². The molecule has 1 aliphatic heterocycles. The number of hydrogen-bond acceptors (Lipinski definition) is 4. The molecule has 27 heavy (non-hydrogen) atoms. The molecule has 0 bridgehead atoms. The van der Waals surface area contributed by atoms with Crippen molar-refractivity contribution in [3.05, 3.63) is 65.2 Å². The first-order valence-corrected chi connectivity index (χ1v) is 10.4. The zero-order chi connectivity index (χ0) is 18.7. The predicted molar refractivity (Wildman–Crippen MR) is 111 cm³/mol. The number of thiazole rings is 1. The van der Waals surface area contributed by atoms with Gasteiger partial charge < -0.3 is 10.6 Å². The summed E-state index contributed by atoms with van der Waals surface area (Å²) in [5, 5.41) is 7.66. The normalized spacial score (nSPS) is 19.5. The Morgan fingerprint density at radius 2 is 2.00 bits per heavy atom. The molecule has 0 aliphatic carbocycles. The topological polar surface area (TPSA) is 54.0 Å². The minimum Gasteiger partial charge on any atom is -0.351 e. The van der Waals surface area contributed by atoms with Gasteiger partial charge >= 0.3 is 0 Å². The van der Waals surface area contributed by atoms with Crippen molar-refractivity contribution in [2.75, 3.05) is 13.1 Å². The van der Waals surface area contributed by atoms with E-state index in [-0.39, 0.29) is 11.9 Å². The Kier molecular flexibility index (Phi) is 5.23. The standard InChI is InChI=1S/C22H25N3OS/c1-22(16-8-3-2-4-9-16,21(26)24-17-10-7-13-23-15-17)14-20-25-18-11-5-6-12-19(18)27-20/h2-6,8-9,11-12,17,23H,7,10,13-15H2,1H3,(H,24,26). The molecule has 2 N–H and O–H groups in total. The van der Waals surface area contributed by atoms with Crippen LogP contribution in [0.15, 0.2) is 54.6 Å². The summed E-state index contributed by atoms with van der Waals surface area (Å²) in [6.07, 6.45) is 2.73. The van der Waals surface area contributed by atoms with Gasteiger partial charge in [0.05, 0.1) is 20.6 Å². The van der Waals surface area contributed by atoms with Gasteiger partial charge in [-0.3, -0.25) is 4.79 Å². The summed E-state index contributed by atoms with van der Waals surface area (Å²) < 4.78 is 1.17. The van der Waals surface area contributed by atoms with Crippen LogP contribution in [0.2, 0.25) is 0 Å². The van der Waals surface area contributed by atoms with Crippen molar-refractivity contribution in [1.82, 2.24) is 15.6 Å². The van der Waals surface area contributed by atoms with Crippen molar-refractivity contribution in [3.8, 4) is 0 Å². The van der Waals surface area contributed by atoms with Crippen molar-refractivity contribution in [2.24, 2.45) is 0 Å². The largest absolute Gasteiger partial charge is 0.351 e. The van der Waals surface area contributed by atoms with Crippen molar-refractivity contribution in [2.45, 2.75) is 37.6 Å². The lowest BCUT2D eigenvalue weighted by molar-refractivity contribution is -0.127. The Morgan fingerprint density at radius 1 is 1.22 bits per heavy atom. The van der Waals surface area contributed by atoms with E-state index in [1.807, 2.05) is 55.5 Å². The van der Waals surface area contributed by atoms with Crippen LogP contribution in [0, 0.1) is 0 Å². The van der Waals surface area contributed by atoms with Crippen molar-refractivity contribution >= 4 is 27.5 Å². The fraction of sp³-hybridized carbons (Fsp3) is 0.364. The Morgan fingerprint density at radius 3 is 2.74 bits per heavy atom. The van der Waals surface area contributed by atoms with E-state index in [9.17, 15) is 4.79 Å². The first-order valence-electron chi connectivity index (χ1n) is 9.57. The predicted octanol–water partition coefficient (Wildman–Crippen LogP) is 3.66. The first-order chi connectivity index (χ1) is 13.1. The summed E-state index contributed by atoms with van der Waals surface area (Å²) in [6.45, 7) is 3.92. The molecule has 5 heteroatoms. The molecule has 2 aromatic carbocycles. The highest BCUT2D eigenvalue weighted by molar-refractivity contribution is 7.18. The summed E-state index contributed by atoms with van der Waals surface area (Å²) in [5.41, 5.74) is 1.39. The van der Waals surface area contributed by atoms with Crippen LogP contribution in [0.3, 0.4) is 0 Å². The third-order valence-corrected chi connectivity index (χ3v) is 6.42. The number of nitrogens with one attached hydrogen (secondary N) is 2. The maximum Gasteiger partial charge on any atom is 0.231 e. The zero-order valence-electron chi connectivity index (χ0n) is 15.6. The Hall–Kier alpha value is -2.24. The van der Waals surface area contributed by atoms with Crippen molar-refractivity contribution in [3.63, 3.8) is 0 Å². The lowest BCUT2D eigenvalue weighted by Gasteiger charge is -2.32. The number of para-hydroxylation sites is 1. The Labute approximate surface area is 164 Å². The van der Waals surface area contributed by atoms with Crippen molar-refractivity contribution < 1.29 is 4.79 Å². The molecule has 2 unspecified atom stereocenters. The number of hydrogen-bond donors (Lipinski definition) is 2. The number of nitrogens with zero attached hydrogens (tertiary/aromatic N) is 1. The third-order valence-electron chi connectivity index (χ3n) is 5.39. The summed E-state index contributed by atoms with van der Waals surface area (Å²) >= 11 is 1.68. The first kappa shape index (κ1) is 18.1. The van der Waals surface area contributed by atoms with Crippen LogP contribution >= 0.6 is 11.3 Å². The molecule has 140 valence electrons. The number of fused-ring (bicyclic) bond motifs is 1. The number of piperidine rings is 1. The number of benzene rings is 2. The molecule has 1 saturated heterocycles. The number of carbonyl (C=O) groups excluding carboxylic acids is 1. The molecule has 4 nitrogen and oxygen atoms in total. The van der Waals surface area contributed by atoms with Gasteiger partial charge in [-0.25, -0.2) is 4.98 Å². The summed E-state index contributed by atoms with van der Waals surface area (Å²) in [5.74, 6) is 0.0849. The minimum atomic E-state index is -0.646. The van der Waals surface area contributed by atoms with Gasteiger partial charge in [-0.15, -0.1) is 11.3 Å². The van der Waals surface area contributed by atoms with E-state index in [0.29, 0.717) is 6.42 Å². The maximum absolute atomic E-state index is 13.4. The van der Waals surface area contributed by atoms with E-state index in [0.717, 1.165) is 42.0 Å². The lowest BCUT2D eigenvalue weighted by atomic mass is 9.78. The molecule has 1 aliphatic rings. The molecule has 0 spiro atoms. The van der Waals surface area contributed by atoms with E-state index in [4.69, 9.17) is 4.98 Å². The third kappa shape index (κ3) is 3.89. The maximum atomic E-state index is 13.4. The van der Waals surface area contributed by atoms with Gasteiger partial charge in [-0.1, -0.05) is 42.5 Å². The summed E-state index contributed by atoms with van der Waals surface area (Å²) in [4.78, 5) is 18.2. The Bertz CT molecular complexity index is 884. The molecule has 0 radical (unpaired) electrons. The Balaban J connectivity index is 1.64. The molecule has 1 aromatic heterocycles. The highest BCUT2D eigenvalue weighted by Crippen LogP contribution is 2.32. The van der Waals surface area contributed by atoms with E-state index >= 15 is 0 Å². The average molecular weight is 380 g/mol. The van der Waals surface area contributed by atoms with Gasteiger partial charge in [-0.2, -0.15) is 0 Å². The summed E-state index contributed by atoms with van der Waals surface area (Å²) in [7, 11) is 0. The zero-order valence-corrected chi connectivity index (χ0v) is 16.4. The van der Waals surface area contributed by atoms with Crippen LogP contribution in [0.4, 0.5) is 0 Å². The average Bonchev–Trinajstić information content (AvgIpc) is 3.11. The van der Waals surface area contributed by atoms with Gasteiger partial charge in [-0.05, 0) is 44.0 Å². The quantitative estimate of drug-likeness (QED) is 0.711. The fourth-order valence-electron chi connectivity index (χ4n) is 3.74. The van der Waals surface area contributed by atoms with E-state index < -0.39 is 5.41 Å². The summed E-state index contributed by atoms with van der Waals surface area (Å²) in [6, 6.07) is 18.4. The molecule has 3 aromatic rings. The number of carbonyl (C=O) groups is 1. The molecule has 0 saturated carbocycles. The molecule has 1 fully saturated rings. The van der Waals surface area contributed by atoms with Gasteiger partial charge in [0.1, 0.15) is 0 Å². The van der Waals surface area contributed by atoms with Gasteiger partial charge in [0.25, 0.3) is 0 Å². The number of rotatable bonds is 5. The van der Waals surface area contributed by atoms with E-state index in [2.05, 4.69) is 16.7 Å². The monoisotopic (exact) mass is 379 g/mol. The highest BCUT2D eigenvalue weighted by Gasteiger charge is 2.37. The van der Waals surface area contributed by atoms with Gasteiger partial charge in [0, 0.05) is 19.0 Å². The smallest absolute Gasteiger partial charge is 0.231 e. The number of aromatic nitrogens is 1. The SMILES string of the molecule is CC(Cc1nc2ccccc2s1)(C(=O)NC1CCCNC1)c1ccccc1. The fourth-order valence-corrected chi connectivity index (χ4v) is 4.86. The van der Waals surface area contributed by atoms with Gasteiger partial charge in [0.15, 0.2) is 0 Å². The molecule has 1 amide bonds. The van der Waals surface area contributed by atoms with E-state index in [1.54, 1.807) is 11.3 Å². The lowest BCUT2D eigenvalue weighted by Crippen LogP contribution is -2.52. The van der Waals surface area contributed by atoms with Crippen LogP contribution in [-0.4, -0.2) is 30.0 Å². The second kappa shape index (κ2) is 7.79. The van der Waals surface area contributed by atoms with E-state index in [1.165, 1.54) is 4.70 Å². The molecule has 4 rings (SSSR count). The van der Waals surface area contributed by atoms with Crippen LogP contribution < -0.4 is 10.6 Å².